The van der Waals surface area contributed by atoms with Crippen molar-refractivity contribution in [3.63, 3.8) is 0 Å². The molecule has 0 amide bonds. The fraction of sp³-hybridized carbons (Fsp3) is 1.00. The molecule has 5 nitrogen and oxygen atoms in total. The van der Waals surface area contributed by atoms with E-state index >= 15 is 0 Å². The van der Waals surface area contributed by atoms with Crippen LogP contribution in [0.2, 0.25) is 0 Å². The minimum Gasteiger partial charge on any atom is -0.379 e. The van der Waals surface area contributed by atoms with Crippen molar-refractivity contribution in [2.75, 3.05) is 59.3 Å². The first-order chi connectivity index (χ1) is 9.93. The SMILES string of the molecule is CCCCOCCOCCOCCNCC1CCCO1. The first kappa shape index (κ1) is 17.9. The number of hydrogen-bond donors (Lipinski definition) is 1. The van der Waals surface area contributed by atoms with Crippen molar-refractivity contribution in [1.82, 2.24) is 5.32 Å². The van der Waals surface area contributed by atoms with Crippen LogP contribution in [0.4, 0.5) is 0 Å². The van der Waals surface area contributed by atoms with Crippen molar-refractivity contribution in [3.8, 4) is 0 Å². The molecule has 0 spiro atoms. The van der Waals surface area contributed by atoms with Crippen LogP contribution >= 0.6 is 0 Å². The Kier molecular flexibility index (Phi) is 12.3. The molecule has 20 heavy (non-hydrogen) atoms. The predicted octanol–water partition coefficient (Wildman–Crippen LogP) is 1.60. The molecule has 1 aliphatic rings. The van der Waals surface area contributed by atoms with Gasteiger partial charge in [0.1, 0.15) is 0 Å². The summed E-state index contributed by atoms with van der Waals surface area (Å²) in [5, 5.41) is 3.35. The molecule has 1 aliphatic heterocycles. The van der Waals surface area contributed by atoms with Crippen LogP contribution in [0, 0.1) is 0 Å². The molecule has 1 unspecified atom stereocenters. The Labute approximate surface area is 123 Å². The molecule has 0 saturated carbocycles. The van der Waals surface area contributed by atoms with E-state index in [1.165, 1.54) is 19.3 Å². The van der Waals surface area contributed by atoms with Crippen molar-refractivity contribution < 1.29 is 18.9 Å². The maximum absolute atomic E-state index is 5.52. The van der Waals surface area contributed by atoms with Crippen molar-refractivity contribution >= 4 is 0 Å². The zero-order valence-electron chi connectivity index (χ0n) is 12.9. The highest BCUT2D eigenvalue weighted by atomic mass is 16.5. The third-order valence-electron chi connectivity index (χ3n) is 3.21. The second kappa shape index (κ2) is 13.8. The average molecular weight is 289 g/mol. The van der Waals surface area contributed by atoms with Gasteiger partial charge in [0.2, 0.25) is 0 Å². The number of hydrogen-bond acceptors (Lipinski definition) is 5. The second-order valence-electron chi connectivity index (χ2n) is 5.03. The molecule has 1 atom stereocenters. The predicted molar refractivity (Wildman–Crippen MR) is 79.2 cm³/mol. The van der Waals surface area contributed by atoms with E-state index in [0.717, 1.165) is 39.3 Å². The van der Waals surface area contributed by atoms with Gasteiger partial charge in [-0.25, -0.2) is 0 Å². The van der Waals surface area contributed by atoms with E-state index in [1.807, 2.05) is 0 Å². The highest BCUT2D eigenvalue weighted by molar-refractivity contribution is 4.66. The minimum atomic E-state index is 0.408. The first-order valence-corrected chi connectivity index (χ1v) is 7.99. The molecule has 1 fully saturated rings. The van der Waals surface area contributed by atoms with Gasteiger partial charge in [-0.05, 0) is 19.3 Å². The van der Waals surface area contributed by atoms with Crippen LogP contribution in [0.3, 0.4) is 0 Å². The van der Waals surface area contributed by atoms with Crippen LogP contribution < -0.4 is 5.32 Å². The summed E-state index contributed by atoms with van der Waals surface area (Å²) < 4.78 is 21.8. The molecule has 1 saturated heterocycles. The van der Waals surface area contributed by atoms with Gasteiger partial charge in [-0.3, -0.25) is 0 Å². The van der Waals surface area contributed by atoms with Gasteiger partial charge in [-0.2, -0.15) is 0 Å². The topological polar surface area (TPSA) is 49.0 Å². The molecular formula is C15H31NO4. The lowest BCUT2D eigenvalue weighted by Crippen LogP contribution is -2.29. The third kappa shape index (κ3) is 10.6. The molecule has 1 rings (SSSR count). The molecule has 5 heteroatoms. The first-order valence-electron chi connectivity index (χ1n) is 7.99. The maximum atomic E-state index is 5.52. The standard InChI is InChI=1S/C15H31NO4/c1-2-3-7-17-10-12-19-13-11-18-9-6-16-14-15-5-4-8-20-15/h15-16H,2-14H2,1H3. The largest absolute Gasteiger partial charge is 0.379 e. The Hall–Kier alpha value is -0.200. The van der Waals surface area contributed by atoms with Crippen LogP contribution in [-0.4, -0.2) is 65.4 Å². The zero-order valence-corrected chi connectivity index (χ0v) is 12.9. The lowest BCUT2D eigenvalue weighted by atomic mass is 10.2. The Morgan fingerprint density at radius 2 is 1.70 bits per heavy atom. The van der Waals surface area contributed by atoms with Crippen LogP contribution in [0.1, 0.15) is 32.6 Å². The van der Waals surface area contributed by atoms with Gasteiger partial charge in [0.05, 0.1) is 39.1 Å². The van der Waals surface area contributed by atoms with Crippen LogP contribution in [0.5, 0.6) is 0 Å². The lowest BCUT2D eigenvalue weighted by molar-refractivity contribution is 0.0142. The summed E-state index contributed by atoms with van der Waals surface area (Å²) in [5.41, 5.74) is 0. The zero-order chi connectivity index (χ0) is 14.3. The van der Waals surface area contributed by atoms with Crippen LogP contribution in [-0.2, 0) is 18.9 Å². The summed E-state index contributed by atoms with van der Waals surface area (Å²) in [5.74, 6) is 0. The molecule has 120 valence electrons. The summed E-state index contributed by atoms with van der Waals surface area (Å²) in [6.07, 6.45) is 5.09. The molecule has 0 radical (unpaired) electrons. The van der Waals surface area contributed by atoms with E-state index in [2.05, 4.69) is 12.2 Å². The number of rotatable bonds is 14. The monoisotopic (exact) mass is 289 g/mol. The van der Waals surface area contributed by atoms with Crippen LogP contribution in [0.15, 0.2) is 0 Å². The summed E-state index contributed by atoms with van der Waals surface area (Å²) in [4.78, 5) is 0. The molecule has 0 bridgehead atoms. The van der Waals surface area contributed by atoms with Crippen LogP contribution in [0.25, 0.3) is 0 Å². The van der Waals surface area contributed by atoms with Gasteiger partial charge in [0.25, 0.3) is 0 Å². The van der Waals surface area contributed by atoms with Crippen molar-refractivity contribution in [2.45, 2.75) is 38.7 Å². The average Bonchev–Trinajstić information content (AvgIpc) is 2.97. The van der Waals surface area contributed by atoms with Gasteiger partial charge in [0.15, 0.2) is 0 Å². The molecule has 0 aliphatic carbocycles. The Balaban J connectivity index is 1.66. The third-order valence-corrected chi connectivity index (χ3v) is 3.21. The lowest BCUT2D eigenvalue weighted by Gasteiger charge is -2.11. The molecule has 1 N–H and O–H groups in total. The highest BCUT2D eigenvalue weighted by Gasteiger charge is 2.13. The van der Waals surface area contributed by atoms with Crippen molar-refractivity contribution in [2.24, 2.45) is 0 Å². The summed E-state index contributed by atoms with van der Waals surface area (Å²) in [7, 11) is 0. The highest BCUT2D eigenvalue weighted by Crippen LogP contribution is 2.10. The molecule has 0 aromatic rings. The number of unbranched alkanes of at least 4 members (excludes halogenated alkanes) is 1. The van der Waals surface area contributed by atoms with E-state index in [1.54, 1.807) is 0 Å². The fourth-order valence-electron chi connectivity index (χ4n) is 2.00. The molecule has 0 aromatic carbocycles. The fourth-order valence-corrected chi connectivity index (χ4v) is 2.00. The van der Waals surface area contributed by atoms with Gasteiger partial charge in [-0.15, -0.1) is 0 Å². The van der Waals surface area contributed by atoms with Gasteiger partial charge in [0, 0.05) is 26.3 Å². The summed E-state index contributed by atoms with van der Waals surface area (Å²) in [6, 6.07) is 0. The second-order valence-corrected chi connectivity index (χ2v) is 5.03. The minimum absolute atomic E-state index is 0.408. The summed E-state index contributed by atoms with van der Waals surface area (Å²) >= 11 is 0. The van der Waals surface area contributed by atoms with Crippen molar-refractivity contribution in [1.29, 1.82) is 0 Å². The number of ether oxygens (including phenoxy) is 4. The van der Waals surface area contributed by atoms with Gasteiger partial charge < -0.3 is 24.3 Å². The summed E-state index contributed by atoms with van der Waals surface area (Å²) in [6.45, 7) is 9.09. The Morgan fingerprint density at radius 3 is 2.35 bits per heavy atom. The smallest absolute Gasteiger partial charge is 0.0701 e. The molecular weight excluding hydrogens is 258 g/mol. The number of nitrogens with one attached hydrogen (secondary N) is 1. The maximum Gasteiger partial charge on any atom is 0.0701 e. The molecule has 0 aromatic heterocycles. The normalized spacial score (nSPS) is 18.8. The van der Waals surface area contributed by atoms with Crippen molar-refractivity contribution in [3.05, 3.63) is 0 Å². The Morgan fingerprint density at radius 1 is 1.00 bits per heavy atom. The quantitative estimate of drug-likeness (QED) is 0.492. The van der Waals surface area contributed by atoms with Gasteiger partial charge >= 0.3 is 0 Å². The van der Waals surface area contributed by atoms with Gasteiger partial charge in [-0.1, -0.05) is 13.3 Å². The van der Waals surface area contributed by atoms with E-state index in [4.69, 9.17) is 18.9 Å². The van der Waals surface area contributed by atoms with E-state index in [0.29, 0.717) is 32.5 Å². The van der Waals surface area contributed by atoms with E-state index in [9.17, 15) is 0 Å². The van der Waals surface area contributed by atoms with E-state index < -0.39 is 0 Å². The molecule has 1 heterocycles. The van der Waals surface area contributed by atoms with E-state index in [-0.39, 0.29) is 0 Å². The Bertz CT molecular complexity index is 198.